The van der Waals surface area contributed by atoms with Crippen molar-refractivity contribution in [2.45, 2.75) is 25.7 Å². The third-order valence-corrected chi connectivity index (χ3v) is 4.60. The standard InChI is InChI=1S/C18H16.C3H3NO.ClH/c1-3-7-15-13(5-1)9-11-18-16-8-4-2-6-14(16)10-12-17(15)18;1-2-4-5-3-1;/h1,3,5,7,9-12H,2,4,6,8H2;1-3H;1H. The zero-order chi connectivity index (χ0) is 15.5. The van der Waals surface area contributed by atoms with Crippen LogP contribution in [0, 0.1) is 0 Å². The van der Waals surface area contributed by atoms with Gasteiger partial charge in [-0.25, -0.2) is 0 Å². The third-order valence-electron chi connectivity index (χ3n) is 4.60. The molecule has 0 aliphatic heterocycles. The average molecular weight is 338 g/mol. The number of aromatic nitrogens is 1. The molecule has 0 atom stereocenters. The number of rotatable bonds is 0. The summed E-state index contributed by atoms with van der Waals surface area (Å²) in [7, 11) is 0. The summed E-state index contributed by atoms with van der Waals surface area (Å²) in [6, 6.07) is 19.7. The second-order valence-electron chi connectivity index (χ2n) is 5.98. The van der Waals surface area contributed by atoms with E-state index in [1.54, 1.807) is 23.4 Å². The minimum Gasteiger partial charge on any atom is -0.365 e. The summed E-state index contributed by atoms with van der Waals surface area (Å²) in [5.41, 5.74) is 3.17. The van der Waals surface area contributed by atoms with Gasteiger partial charge in [-0.05, 0) is 64.4 Å². The molecule has 1 aliphatic rings. The molecular formula is C21H20ClNO. The maximum Gasteiger partial charge on any atom is 0.123 e. The molecule has 122 valence electrons. The molecule has 1 heterocycles. The van der Waals surface area contributed by atoms with Crippen LogP contribution in [-0.4, -0.2) is 5.16 Å². The van der Waals surface area contributed by atoms with Gasteiger partial charge in [0.1, 0.15) is 6.26 Å². The fourth-order valence-corrected chi connectivity index (χ4v) is 3.52. The number of aryl methyl sites for hydroxylation is 2. The van der Waals surface area contributed by atoms with Gasteiger partial charge in [0.25, 0.3) is 0 Å². The van der Waals surface area contributed by atoms with Crippen LogP contribution in [0.1, 0.15) is 24.0 Å². The van der Waals surface area contributed by atoms with E-state index in [4.69, 9.17) is 0 Å². The highest BCUT2D eigenvalue weighted by Gasteiger charge is 2.13. The highest BCUT2D eigenvalue weighted by Crippen LogP contribution is 2.33. The van der Waals surface area contributed by atoms with E-state index < -0.39 is 0 Å². The van der Waals surface area contributed by atoms with Crippen molar-refractivity contribution in [2.75, 3.05) is 0 Å². The molecule has 2 nitrogen and oxygen atoms in total. The van der Waals surface area contributed by atoms with E-state index in [9.17, 15) is 0 Å². The van der Waals surface area contributed by atoms with Gasteiger partial charge in [-0.1, -0.05) is 53.7 Å². The lowest BCUT2D eigenvalue weighted by molar-refractivity contribution is 0.420. The maximum atomic E-state index is 4.33. The van der Waals surface area contributed by atoms with Gasteiger partial charge in [-0.15, -0.1) is 12.4 Å². The van der Waals surface area contributed by atoms with Gasteiger partial charge in [-0.3, -0.25) is 0 Å². The Kier molecular flexibility index (Phi) is 5.17. The van der Waals surface area contributed by atoms with Crippen molar-refractivity contribution >= 4 is 34.0 Å². The topological polar surface area (TPSA) is 26.0 Å². The van der Waals surface area contributed by atoms with Crippen LogP contribution in [0.15, 0.2) is 71.6 Å². The van der Waals surface area contributed by atoms with E-state index in [0.717, 1.165) is 0 Å². The maximum absolute atomic E-state index is 4.33. The van der Waals surface area contributed by atoms with Crippen LogP contribution in [0.2, 0.25) is 0 Å². The fraction of sp³-hybridized carbons (Fsp3) is 0.190. The van der Waals surface area contributed by atoms with Gasteiger partial charge in [0.15, 0.2) is 0 Å². The number of hydrogen-bond acceptors (Lipinski definition) is 2. The highest BCUT2D eigenvalue weighted by atomic mass is 35.5. The monoisotopic (exact) mass is 337 g/mol. The van der Waals surface area contributed by atoms with Gasteiger partial charge in [0, 0.05) is 0 Å². The quantitative estimate of drug-likeness (QED) is 0.369. The van der Waals surface area contributed by atoms with Gasteiger partial charge >= 0.3 is 0 Å². The van der Waals surface area contributed by atoms with Gasteiger partial charge < -0.3 is 4.52 Å². The lowest BCUT2D eigenvalue weighted by atomic mass is 9.86. The molecule has 0 saturated carbocycles. The molecule has 0 amide bonds. The molecule has 3 aromatic carbocycles. The molecule has 0 saturated heterocycles. The van der Waals surface area contributed by atoms with Crippen LogP contribution in [0.5, 0.6) is 0 Å². The highest BCUT2D eigenvalue weighted by molar-refractivity contribution is 6.08. The zero-order valence-electron chi connectivity index (χ0n) is 13.4. The van der Waals surface area contributed by atoms with Crippen LogP contribution in [0.3, 0.4) is 0 Å². The van der Waals surface area contributed by atoms with Crippen molar-refractivity contribution in [3.63, 3.8) is 0 Å². The number of hydrogen-bond donors (Lipinski definition) is 0. The first-order valence-corrected chi connectivity index (χ1v) is 8.20. The Hall–Kier alpha value is -2.32. The Morgan fingerprint density at radius 1 is 0.750 bits per heavy atom. The smallest absolute Gasteiger partial charge is 0.123 e. The van der Waals surface area contributed by atoms with Crippen molar-refractivity contribution in [3.8, 4) is 0 Å². The predicted octanol–water partition coefficient (Wildman–Crippen LogP) is 5.97. The summed E-state index contributed by atoms with van der Waals surface area (Å²) in [5.74, 6) is 0. The van der Waals surface area contributed by atoms with Crippen LogP contribution < -0.4 is 0 Å². The van der Waals surface area contributed by atoms with E-state index in [2.05, 4.69) is 58.2 Å². The van der Waals surface area contributed by atoms with Crippen LogP contribution in [0.25, 0.3) is 21.5 Å². The molecule has 3 heteroatoms. The number of halogens is 1. The van der Waals surface area contributed by atoms with Crippen molar-refractivity contribution in [3.05, 3.63) is 78.2 Å². The Labute approximate surface area is 147 Å². The normalized spacial score (nSPS) is 12.8. The minimum absolute atomic E-state index is 0. The Morgan fingerprint density at radius 3 is 2.38 bits per heavy atom. The lowest BCUT2D eigenvalue weighted by Gasteiger charge is -2.18. The van der Waals surface area contributed by atoms with Crippen LogP contribution in [0.4, 0.5) is 0 Å². The molecule has 0 fully saturated rings. The summed E-state index contributed by atoms with van der Waals surface area (Å²) < 4.78 is 4.33. The molecule has 0 unspecified atom stereocenters. The van der Waals surface area contributed by atoms with Crippen LogP contribution in [-0.2, 0) is 12.8 Å². The molecule has 5 rings (SSSR count). The summed E-state index contributed by atoms with van der Waals surface area (Å²) in [6.07, 6.45) is 8.31. The lowest BCUT2D eigenvalue weighted by Crippen LogP contribution is -2.02. The molecular weight excluding hydrogens is 318 g/mol. The second kappa shape index (κ2) is 7.50. The van der Waals surface area contributed by atoms with E-state index in [1.165, 1.54) is 53.5 Å². The van der Waals surface area contributed by atoms with Crippen molar-refractivity contribution in [1.82, 2.24) is 5.16 Å². The molecule has 0 bridgehead atoms. The molecule has 1 aliphatic carbocycles. The number of nitrogens with zero attached hydrogens (tertiary/aromatic N) is 1. The van der Waals surface area contributed by atoms with Gasteiger partial charge in [0.05, 0.1) is 6.20 Å². The molecule has 24 heavy (non-hydrogen) atoms. The van der Waals surface area contributed by atoms with Crippen molar-refractivity contribution in [2.24, 2.45) is 0 Å². The Morgan fingerprint density at radius 2 is 1.58 bits per heavy atom. The molecule has 0 radical (unpaired) electrons. The van der Waals surface area contributed by atoms with Crippen molar-refractivity contribution in [1.29, 1.82) is 0 Å². The minimum atomic E-state index is 0. The first kappa shape index (κ1) is 16.5. The second-order valence-corrected chi connectivity index (χ2v) is 5.98. The van der Waals surface area contributed by atoms with E-state index >= 15 is 0 Å². The summed E-state index contributed by atoms with van der Waals surface area (Å²) in [5, 5.41) is 8.99. The van der Waals surface area contributed by atoms with E-state index in [-0.39, 0.29) is 12.4 Å². The zero-order valence-corrected chi connectivity index (χ0v) is 14.3. The largest absolute Gasteiger partial charge is 0.365 e. The average Bonchev–Trinajstić information content (AvgIpc) is 3.21. The molecule has 0 N–H and O–H groups in total. The molecule has 1 aromatic heterocycles. The summed E-state index contributed by atoms with van der Waals surface area (Å²) >= 11 is 0. The third kappa shape index (κ3) is 3.15. The van der Waals surface area contributed by atoms with Gasteiger partial charge in [0.2, 0.25) is 0 Å². The van der Waals surface area contributed by atoms with E-state index in [0.29, 0.717) is 0 Å². The molecule has 4 aromatic rings. The fourth-order valence-electron chi connectivity index (χ4n) is 3.52. The van der Waals surface area contributed by atoms with Gasteiger partial charge in [-0.2, -0.15) is 0 Å². The number of benzene rings is 3. The summed E-state index contributed by atoms with van der Waals surface area (Å²) in [6.45, 7) is 0. The number of fused-ring (bicyclic) bond motifs is 5. The first-order valence-electron chi connectivity index (χ1n) is 8.20. The van der Waals surface area contributed by atoms with Crippen LogP contribution >= 0.6 is 12.4 Å². The molecule has 0 spiro atoms. The van der Waals surface area contributed by atoms with E-state index in [1.807, 2.05) is 0 Å². The predicted molar refractivity (Wildman–Crippen MR) is 102 cm³/mol. The SMILES string of the molecule is Cl.c1ccc2c(c1)ccc1c3c(ccc12)CCCC3.c1cnoc1. The van der Waals surface area contributed by atoms with Crippen molar-refractivity contribution < 1.29 is 4.52 Å². The first-order chi connectivity index (χ1) is 11.4. The Balaban J connectivity index is 0.000000245. The Bertz CT molecular complexity index is 914. The summed E-state index contributed by atoms with van der Waals surface area (Å²) in [4.78, 5) is 0.